The molecule has 0 aliphatic heterocycles. The van der Waals surface area contributed by atoms with Crippen LogP contribution < -0.4 is 5.73 Å². The van der Waals surface area contributed by atoms with Gasteiger partial charge in [-0.2, -0.15) is 0 Å². The van der Waals surface area contributed by atoms with Gasteiger partial charge >= 0.3 is 0 Å². The van der Waals surface area contributed by atoms with Gasteiger partial charge in [0.25, 0.3) is 5.91 Å². The lowest BCUT2D eigenvalue weighted by Crippen LogP contribution is -2.58. The Kier molecular flexibility index (Phi) is 4.70. The summed E-state index contributed by atoms with van der Waals surface area (Å²) in [7, 11) is 0. The van der Waals surface area contributed by atoms with Gasteiger partial charge in [0.15, 0.2) is 11.4 Å². The van der Waals surface area contributed by atoms with Crippen molar-refractivity contribution in [3.05, 3.63) is 70.5 Å². The number of primary amides is 1. The third-order valence-corrected chi connectivity index (χ3v) is 8.79. The van der Waals surface area contributed by atoms with Gasteiger partial charge in [-0.15, -0.1) is 11.3 Å². The van der Waals surface area contributed by atoms with Crippen LogP contribution in [0.5, 0.6) is 5.75 Å². The maximum Gasteiger partial charge on any atom is 0.255 e. The molecule has 0 saturated heterocycles. The van der Waals surface area contributed by atoms with Gasteiger partial charge in [0.2, 0.25) is 5.78 Å². The highest BCUT2D eigenvalue weighted by molar-refractivity contribution is 7.22. The summed E-state index contributed by atoms with van der Waals surface area (Å²) in [6.45, 7) is 0. The molecule has 9 heteroatoms. The molecule has 1 heterocycles. The molecule has 1 saturated carbocycles. The number of fused-ring (bicyclic) bond motifs is 4. The number of hydrogen-bond donors (Lipinski definition) is 5. The third-order valence-electron chi connectivity index (χ3n) is 7.64. The Labute approximate surface area is 208 Å². The Morgan fingerprint density at radius 3 is 2.53 bits per heavy atom. The number of ketones is 2. The smallest absolute Gasteiger partial charge is 0.255 e. The molecule has 3 atom stereocenters. The number of rotatable bonds is 2. The lowest BCUT2D eigenvalue weighted by Gasteiger charge is -2.46. The quantitative estimate of drug-likeness (QED) is 0.336. The second-order valence-corrected chi connectivity index (χ2v) is 10.6. The van der Waals surface area contributed by atoms with Crippen LogP contribution in [0.3, 0.4) is 0 Å². The number of Topliss-reactive ketones (excluding diaryl/α,β-unsaturated/α-hetero) is 2. The lowest BCUT2D eigenvalue weighted by molar-refractivity contribution is -0.147. The largest absolute Gasteiger partial charge is 0.508 e. The van der Waals surface area contributed by atoms with E-state index >= 15 is 0 Å². The van der Waals surface area contributed by atoms with Crippen molar-refractivity contribution in [2.45, 2.75) is 24.9 Å². The number of aliphatic hydroxyl groups is 3. The van der Waals surface area contributed by atoms with Crippen LogP contribution in [-0.2, 0) is 20.8 Å². The summed E-state index contributed by atoms with van der Waals surface area (Å²) in [5, 5.41) is 45.0. The molecule has 1 unspecified atom stereocenters. The highest BCUT2D eigenvalue weighted by atomic mass is 32.1. The molecule has 0 spiro atoms. The fourth-order valence-corrected chi connectivity index (χ4v) is 7.08. The van der Waals surface area contributed by atoms with Crippen LogP contribution in [0.2, 0.25) is 0 Å². The van der Waals surface area contributed by atoms with Gasteiger partial charge in [-0.3, -0.25) is 14.4 Å². The Morgan fingerprint density at radius 2 is 1.81 bits per heavy atom. The number of carbonyl (C=O) groups excluding carboxylic acids is 3. The van der Waals surface area contributed by atoms with Crippen LogP contribution >= 0.6 is 11.3 Å². The molecule has 6 rings (SSSR count). The molecular weight excluding hydrogens is 482 g/mol. The number of aliphatic hydroxyl groups excluding tert-OH is 2. The zero-order valence-corrected chi connectivity index (χ0v) is 19.6. The van der Waals surface area contributed by atoms with E-state index in [1.165, 1.54) is 6.07 Å². The maximum absolute atomic E-state index is 13.6. The number of phenols is 1. The molecule has 1 amide bonds. The van der Waals surface area contributed by atoms with Crippen LogP contribution in [0.4, 0.5) is 0 Å². The topological polar surface area (TPSA) is 158 Å². The summed E-state index contributed by atoms with van der Waals surface area (Å²) < 4.78 is 1.08. The predicted molar refractivity (Wildman–Crippen MR) is 132 cm³/mol. The van der Waals surface area contributed by atoms with E-state index < -0.39 is 52.0 Å². The Morgan fingerprint density at radius 1 is 1.06 bits per heavy atom. The predicted octanol–water partition coefficient (Wildman–Crippen LogP) is 3.31. The highest BCUT2D eigenvalue weighted by Crippen LogP contribution is 2.53. The zero-order chi connectivity index (χ0) is 25.5. The minimum Gasteiger partial charge on any atom is -0.508 e. The van der Waals surface area contributed by atoms with Gasteiger partial charge in [-0.05, 0) is 59.5 Å². The average molecular weight is 504 g/mol. The van der Waals surface area contributed by atoms with Crippen LogP contribution in [0.1, 0.15) is 24.0 Å². The molecule has 1 aromatic heterocycles. The minimum atomic E-state index is -2.56. The summed E-state index contributed by atoms with van der Waals surface area (Å²) in [5.41, 5.74) is 3.28. The molecule has 3 aliphatic carbocycles. The van der Waals surface area contributed by atoms with Gasteiger partial charge in [-0.1, -0.05) is 18.2 Å². The van der Waals surface area contributed by atoms with Gasteiger partial charge < -0.3 is 26.2 Å². The van der Waals surface area contributed by atoms with E-state index in [1.807, 2.05) is 30.3 Å². The molecule has 36 heavy (non-hydrogen) atoms. The van der Waals surface area contributed by atoms with Crippen LogP contribution in [0.15, 0.2) is 59.4 Å². The van der Waals surface area contributed by atoms with Crippen molar-refractivity contribution < 1.29 is 34.8 Å². The molecule has 182 valence electrons. The number of nitrogens with two attached hydrogens (primary N) is 1. The first-order chi connectivity index (χ1) is 17.1. The SMILES string of the molecule is NC(=O)C1=C(O)[C@@]2(O)C(=O)C3=C(O)c4c(O)ccc(-c5cc6ccccc6s5)c4CC3C[C@H]2CC1=O. The number of hydrogen-bond acceptors (Lipinski definition) is 8. The van der Waals surface area contributed by atoms with Gasteiger partial charge in [0, 0.05) is 27.5 Å². The van der Waals surface area contributed by atoms with Crippen molar-refractivity contribution in [1.29, 1.82) is 0 Å². The third kappa shape index (κ3) is 2.87. The summed E-state index contributed by atoms with van der Waals surface area (Å²) in [6, 6.07) is 13.1. The summed E-state index contributed by atoms with van der Waals surface area (Å²) in [4.78, 5) is 38.8. The maximum atomic E-state index is 13.6. The van der Waals surface area contributed by atoms with Crippen molar-refractivity contribution in [3.8, 4) is 16.2 Å². The first kappa shape index (κ1) is 22.5. The van der Waals surface area contributed by atoms with Crippen molar-refractivity contribution in [2.75, 3.05) is 0 Å². The minimum absolute atomic E-state index is 0.0945. The molecule has 8 nitrogen and oxygen atoms in total. The van der Waals surface area contributed by atoms with Crippen molar-refractivity contribution in [3.63, 3.8) is 0 Å². The second-order valence-electron chi connectivity index (χ2n) is 9.54. The van der Waals surface area contributed by atoms with E-state index in [0.29, 0.717) is 5.56 Å². The van der Waals surface area contributed by atoms with Gasteiger partial charge in [0.05, 0.1) is 5.56 Å². The fraction of sp³-hybridized carbons (Fsp3) is 0.222. The second kappa shape index (κ2) is 7.52. The van der Waals surface area contributed by atoms with Crippen molar-refractivity contribution in [1.82, 2.24) is 0 Å². The molecular formula is C27H21NO7S. The fourth-order valence-electron chi connectivity index (χ4n) is 5.97. The monoisotopic (exact) mass is 503 g/mol. The lowest BCUT2D eigenvalue weighted by atomic mass is 9.59. The molecule has 1 fully saturated rings. The number of carbonyl (C=O) groups is 3. The first-order valence-corrected chi connectivity index (χ1v) is 12.3. The first-order valence-electron chi connectivity index (χ1n) is 11.4. The van der Waals surface area contributed by atoms with E-state index in [4.69, 9.17) is 5.73 Å². The summed E-state index contributed by atoms with van der Waals surface area (Å²) in [6.07, 6.45) is 0.0297. The Hall–Kier alpha value is -3.95. The van der Waals surface area contributed by atoms with Crippen LogP contribution in [-0.4, -0.2) is 43.5 Å². The normalized spacial score (nSPS) is 25.6. The summed E-state index contributed by atoms with van der Waals surface area (Å²) in [5.74, 6) is -6.32. The van der Waals surface area contributed by atoms with E-state index in [-0.39, 0.29) is 36.1 Å². The number of phenolic OH excluding ortho intramolecular Hbond substituents is 1. The number of thiophene rings is 1. The molecule has 2 aromatic carbocycles. The zero-order valence-electron chi connectivity index (χ0n) is 18.8. The molecule has 0 radical (unpaired) electrons. The van der Waals surface area contributed by atoms with E-state index in [1.54, 1.807) is 17.4 Å². The van der Waals surface area contributed by atoms with Crippen molar-refractivity contribution >= 4 is 44.7 Å². The van der Waals surface area contributed by atoms with E-state index in [2.05, 4.69) is 0 Å². The summed E-state index contributed by atoms with van der Waals surface area (Å²) >= 11 is 1.57. The molecule has 6 N–H and O–H groups in total. The molecule has 0 bridgehead atoms. The van der Waals surface area contributed by atoms with Crippen LogP contribution in [0.25, 0.3) is 26.3 Å². The number of aromatic hydroxyl groups is 1. The number of amides is 1. The van der Waals surface area contributed by atoms with Crippen LogP contribution in [0, 0.1) is 11.8 Å². The van der Waals surface area contributed by atoms with Gasteiger partial charge in [0.1, 0.15) is 22.8 Å². The van der Waals surface area contributed by atoms with Gasteiger partial charge in [-0.25, -0.2) is 0 Å². The average Bonchev–Trinajstić information content (AvgIpc) is 3.25. The Balaban J connectivity index is 1.54. The van der Waals surface area contributed by atoms with E-state index in [0.717, 1.165) is 20.5 Å². The molecule has 3 aliphatic rings. The standard InChI is InChI=1S/C27H21NO7S/c28-26(34)22-17(30)10-13-7-12-8-15-14(19-9-11-3-1-2-4-18(11)36-19)5-6-16(29)21(15)23(31)20(12)24(32)27(13,35)25(22)33/h1-6,9,12-13,29,31,33,35H,7-8,10H2,(H2,28,34)/t12?,13-,27-/m0/s1. The van der Waals surface area contributed by atoms with Crippen molar-refractivity contribution in [2.24, 2.45) is 17.6 Å². The Bertz CT molecular complexity index is 1560. The molecule has 3 aromatic rings. The highest BCUT2D eigenvalue weighted by Gasteiger charge is 2.60. The van der Waals surface area contributed by atoms with E-state index in [9.17, 15) is 34.8 Å². The number of benzene rings is 2.